The lowest BCUT2D eigenvalue weighted by Gasteiger charge is -2.27. The van der Waals surface area contributed by atoms with Gasteiger partial charge in [0.2, 0.25) is 0 Å². The number of pyridine rings is 1. The molecule has 244 valence electrons. The third-order valence-corrected chi connectivity index (χ3v) is 12.1. The maximum Gasteiger partial charge on any atom is 0.144 e. The third-order valence-electron chi connectivity index (χ3n) is 10.1. The molecule has 2 aromatic heterocycles. The van der Waals surface area contributed by atoms with E-state index >= 15 is 0 Å². The van der Waals surface area contributed by atoms with Gasteiger partial charge in [0.1, 0.15) is 11.2 Å². The Balaban J connectivity index is 1.49. The molecule has 48 heavy (non-hydrogen) atoms. The molecule has 0 saturated carbocycles. The SMILES string of the molecule is [2H]C([2H])([2H])c1cnc(-c2cccc3c2oc2cc4c(ccc5ccc([Si](C)(C)C)cc54)cc23)cc1-c1c(C(C)C)cc(C(C)(C)C)cc1C(C)C. The van der Waals surface area contributed by atoms with Crippen LogP contribution in [-0.2, 0) is 5.41 Å². The highest BCUT2D eigenvalue weighted by Gasteiger charge is 2.24. The van der Waals surface area contributed by atoms with Crippen molar-refractivity contribution in [3.05, 3.63) is 107 Å². The smallest absolute Gasteiger partial charge is 0.144 e. The van der Waals surface area contributed by atoms with E-state index in [0.29, 0.717) is 5.69 Å². The van der Waals surface area contributed by atoms with Crippen LogP contribution in [-0.4, -0.2) is 13.1 Å². The molecule has 0 aliphatic rings. The summed E-state index contributed by atoms with van der Waals surface area (Å²) < 4.78 is 32.5. The topological polar surface area (TPSA) is 26.0 Å². The van der Waals surface area contributed by atoms with E-state index in [-0.39, 0.29) is 22.8 Å². The zero-order valence-electron chi connectivity index (χ0n) is 33.1. The summed E-state index contributed by atoms with van der Waals surface area (Å²) in [5.74, 6) is 0.374. The van der Waals surface area contributed by atoms with Gasteiger partial charge in [-0.25, -0.2) is 0 Å². The molecular weight excluding hydrogens is 599 g/mol. The minimum Gasteiger partial charge on any atom is -0.455 e. The molecule has 2 heterocycles. The van der Waals surface area contributed by atoms with Crippen molar-refractivity contribution in [3.8, 4) is 22.4 Å². The Hall–Kier alpha value is -4.21. The van der Waals surface area contributed by atoms with Crippen LogP contribution in [0.1, 0.15) is 86.7 Å². The normalized spacial score (nSPS) is 14.0. The molecule has 0 amide bonds. The highest BCUT2D eigenvalue weighted by molar-refractivity contribution is 6.88. The van der Waals surface area contributed by atoms with E-state index in [1.165, 1.54) is 32.3 Å². The number of hydrogen-bond donors (Lipinski definition) is 0. The molecule has 0 fully saturated rings. The van der Waals surface area contributed by atoms with Crippen molar-refractivity contribution in [1.29, 1.82) is 0 Å². The first-order valence-corrected chi connectivity index (χ1v) is 20.8. The van der Waals surface area contributed by atoms with Crippen molar-refractivity contribution in [2.75, 3.05) is 0 Å². The summed E-state index contributed by atoms with van der Waals surface area (Å²) in [7, 11) is -1.51. The van der Waals surface area contributed by atoms with Crippen LogP contribution in [0.15, 0.2) is 89.5 Å². The lowest BCUT2D eigenvalue weighted by atomic mass is 9.77. The number of aryl methyl sites for hydroxylation is 1. The standard InChI is InChI=1S/C45H49NOSi/c1-26(2)35-20-31(45(6,7)8)21-36(27(3)4)43(35)37-23-41(46-25-28(37)5)34-14-12-13-33-40-19-30-16-15-29-17-18-32(48(9,10)11)22-38(29)39(30)24-42(40)47-44(33)34/h12-27H,1-11H3/i5D3. The summed E-state index contributed by atoms with van der Waals surface area (Å²) in [6, 6.07) is 28.6. The highest BCUT2D eigenvalue weighted by atomic mass is 28.3. The van der Waals surface area contributed by atoms with E-state index in [9.17, 15) is 0 Å². The zero-order valence-corrected chi connectivity index (χ0v) is 31.1. The number of rotatable bonds is 5. The van der Waals surface area contributed by atoms with Crippen molar-refractivity contribution in [3.63, 3.8) is 0 Å². The summed E-state index contributed by atoms with van der Waals surface area (Å²) in [6.07, 6.45) is 1.57. The molecule has 5 aromatic carbocycles. The Morgan fingerprint density at radius 2 is 1.38 bits per heavy atom. The van der Waals surface area contributed by atoms with Crippen LogP contribution in [0.3, 0.4) is 0 Å². The molecule has 0 aliphatic carbocycles. The van der Waals surface area contributed by atoms with Gasteiger partial charge in [0, 0.05) is 26.6 Å². The molecule has 0 bridgehead atoms. The number of furan rings is 1. The number of nitrogens with zero attached hydrogens (tertiary/aromatic N) is 1. The molecule has 0 atom stereocenters. The van der Waals surface area contributed by atoms with Crippen LogP contribution in [0.5, 0.6) is 0 Å². The van der Waals surface area contributed by atoms with Crippen LogP contribution in [0, 0.1) is 6.85 Å². The minimum atomic E-state index is -2.34. The predicted octanol–water partition coefficient (Wildman–Crippen LogP) is 13.0. The monoisotopic (exact) mass is 650 g/mol. The van der Waals surface area contributed by atoms with Crippen LogP contribution < -0.4 is 5.19 Å². The van der Waals surface area contributed by atoms with Gasteiger partial charge in [-0.15, -0.1) is 0 Å². The van der Waals surface area contributed by atoms with Crippen LogP contribution in [0.25, 0.3) is 65.9 Å². The lowest BCUT2D eigenvalue weighted by Crippen LogP contribution is -2.37. The average Bonchev–Trinajstić information content (AvgIpc) is 3.42. The number of fused-ring (bicyclic) bond motifs is 6. The molecular formula is C45H49NOSi. The van der Waals surface area contributed by atoms with E-state index in [1.54, 1.807) is 6.20 Å². The largest absolute Gasteiger partial charge is 0.455 e. The quantitative estimate of drug-likeness (QED) is 0.137. The molecule has 0 aliphatic heterocycles. The van der Waals surface area contributed by atoms with Gasteiger partial charge in [0.05, 0.1) is 13.8 Å². The van der Waals surface area contributed by atoms with Gasteiger partial charge >= 0.3 is 0 Å². The Morgan fingerprint density at radius 3 is 2.02 bits per heavy atom. The molecule has 0 spiro atoms. The van der Waals surface area contributed by atoms with Crippen LogP contribution in [0.2, 0.25) is 19.6 Å². The predicted molar refractivity (Wildman–Crippen MR) is 212 cm³/mol. The van der Waals surface area contributed by atoms with Gasteiger partial charge in [-0.2, -0.15) is 0 Å². The molecule has 0 unspecified atom stereocenters. The first-order chi connectivity index (χ1) is 23.8. The fourth-order valence-electron chi connectivity index (χ4n) is 7.17. The van der Waals surface area contributed by atoms with Crippen molar-refractivity contribution < 1.29 is 8.53 Å². The molecule has 7 aromatic rings. The van der Waals surface area contributed by atoms with Crippen LogP contribution in [0.4, 0.5) is 0 Å². The van der Waals surface area contributed by atoms with E-state index in [2.05, 4.69) is 129 Å². The second-order valence-corrected chi connectivity index (χ2v) is 21.4. The van der Waals surface area contributed by atoms with Crippen molar-refractivity contribution in [1.82, 2.24) is 4.98 Å². The Morgan fingerprint density at radius 1 is 0.708 bits per heavy atom. The number of para-hydroxylation sites is 1. The summed E-state index contributed by atoms with van der Waals surface area (Å²) >= 11 is 0. The first kappa shape index (κ1) is 28.8. The minimum absolute atomic E-state index is 0.0489. The molecule has 0 saturated heterocycles. The Kier molecular flexibility index (Phi) is 6.86. The number of benzene rings is 5. The van der Waals surface area contributed by atoms with Gasteiger partial charge in [-0.05, 0) is 103 Å². The van der Waals surface area contributed by atoms with E-state index in [1.807, 2.05) is 18.2 Å². The molecule has 3 heteroatoms. The molecule has 7 rings (SSSR count). The fourth-order valence-corrected chi connectivity index (χ4v) is 8.33. The number of aromatic nitrogens is 1. The first-order valence-electron chi connectivity index (χ1n) is 18.8. The van der Waals surface area contributed by atoms with E-state index < -0.39 is 14.9 Å². The summed E-state index contributed by atoms with van der Waals surface area (Å²) in [4.78, 5) is 4.84. The highest BCUT2D eigenvalue weighted by Crippen LogP contribution is 2.43. The van der Waals surface area contributed by atoms with Gasteiger partial charge in [-0.3, -0.25) is 4.98 Å². The fraction of sp³-hybridized carbons (Fsp3) is 0.311. The van der Waals surface area contributed by atoms with Crippen molar-refractivity contribution >= 4 is 56.7 Å². The van der Waals surface area contributed by atoms with Gasteiger partial charge in [0.25, 0.3) is 0 Å². The lowest BCUT2D eigenvalue weighted by molar-refractivity contribution is 0.587. The van der Waals surface area contributed by atoms with Gasteiger partial charge in [0.15, 0.2) is 0 Å². The van der Waals surface area contributed by atoms with Gasteiger partial charge in [-0.1, -0.05) is 128 Å². The maximum atomic E-state index is 8.59. The van der Waals surface area contributed by atoms with Crippen molar-refractivity contribution in [2.24, 2.45) is 0 Å². The average molecular weight is 651 g/mol. The van der Waals surface area contributed by atoms with Gasteiger partial charge < -0.3 is 4.42 Å². The Labute approximate surface area is 291 Å². The van der Waals surface area contributed by atoms with Crippen LogP contribution >= 0.6 is 0 Å². The second kappa shape index (κ2) is 11.4. The zero-order chi connectivity index (χ0) is 36.8. The van der Waals surface area contributed by atoms with E-state index in [0.717, 1.165) is 49.8 Å². The molecule has 0 N–H and O–H groups in total. The second-order valence-electron chi connectivity index (χ2n) is 16.3. The summed E-state index contributed by atoms with van der Waals surface area (Å²) in [5, 5.41) is 8.35. The molecule has 2 nitrogen and oxygen atoms in total. The molecule has 0 radical (unpaired) electrons. The number of hydrogen-bond acceptors (Lipinski definition) is 2. The Bertz CT molecular complexity index is 2460. The summed E-state index contributed by atoms with van der Waals surface area (Å²) in [6.45, 7) is 20.3. The third kappa shape index (κ3) is 5.46. The summed E-state index contributed by atoms with van der Waals surface area (Å²) in [5.41, 5.74) is 8.65. The van der Waals surface area contributed by atoms with Crippen molar-refractivity contribution in [2.45, 2.75) is 92.2 Å². The van der Waals surface area contributed by atoms with E-state index in [4.69, 9.17) is 13.5 Å². The maximum absolute atomic E-state index is 8.59.